The van der Waals surface area contributed by atoms with E-state index in [4.69, 9.17) is 4.52 Å². The van der Waals surface area contributed by atoms with E-state index in [1.165, 1.54) is 37.4 Å². The van der Waals surface area contributed by atoms with Crippen LogP contribution in [0.2, 0.25) is 0 Å². The third-order valence-electron chi connectivity index (χ3n) is 4.97. The summed E-state index contributed by atoms with van der Waals surface area (Å²) in [5.41, 5.74) is 3.73. The topological polar surface area (TPSA) is 95.4 Å². The van der Waals surface area contributed by atoms with Crippen molar-refractivity contribution in [1.82, 2.24) is 35.1 Å². The highest BCUT2D eigenvalue weighted by Gasteiger charge is 2.20. The molecule has 3 aromatic heterocycles. The monoisotopic (exact) mass is 393 g/mol. The molecule has 8 nitrogen and oxygen atoms in total. The lowest BCUT2D eigenvalue weighted by Crippen LogP contribution is -2.06. The number of aromatic nitrogens is 7. The van der Waals surface area contributed by atoms with Gasteiger partial charge in [-0.05, 0) is 44.0 Å². The Morgan fingerprint density at radius 2 is 2.07 bits per heavy atom. The van der Waals surface area contributed by atoms with Gasteiger partial charge in [-0.15, -0.1) is 5.10 Å². The molecule has 0 atom stereocenters. The fourth-order valence-corrected chi connectivity index (χ4v) is 4.27. The highest BCUT2D eigenvalue weighted by Crippen LogP contribution is 2.32. The van der Waals surface area contributed by atoms with Crippen LogP contribution in [0.25, 0.3) is 22.4 Å². The fraction of sp³-hybridized carbons (Fsp3) is 0.368. The Labute approximate surface area is 165 Å². The largest absolute Gasteiger partial charge is 0.338 e. The average Bonchev–Trinajstić information content (AvgIpc) is 3.45. The van der Waals surface area contributed by atoms with Crippen LogP contribution < -0.4 is 0 Å². The lowest BCUT2D eigenvalue weighted by Gasteiger charge is -2.09. The number of fused-ring (bicyclic) bond motifs is 1. The summed E-state index contributed by atoms with van der Waals surface area (Å²) in [5, 5.41) is 13.5. The van der Waals surface area contributed by atoms with E-state index < -0.39 is 0 Å². The Morgan fingerprint density at radius 3 is 2.93 bits per heavy atom. The molecule has 4 aromatic rings. The molecule has 0 saturated heterocycles. The van der Waals surface area contributed by atoms with Crippen LogP contribution in [0.3, 0.4) is 0 Å². The summed E-state index contributed by atoms with van der Waals surface area (Å²) >= 11 is 1.47. The van der Waals surface area contributed by atoms with Crippen molar-refractivity contribution in [2.24, 2.45) is 0 Å². The molecule has 0 radical (unpaired) electrons. The van der Waals surface area contributed by atoms with E-state index in [1.54, 1.807) is 6.20 Å². The summed E-state index contributed by atoms with van der Waals surface area (Å²) in [5.74, 6) is 1.62. The van der Waals surface area contributed by atoms with E-state index in [0.29, 0.717) is 28.7 Å². The van der Waals surface area contributed by atoms with Gasteiger partial charge in [0.15, 0.2) is 5.16 Å². The predicted octanol–water partition coefficient (Wildman–Crippen LogP) is 3.99. The summed E-state index contributed by atoms with van der Waals surface area (Å²) in [6.45, 7) is 1.94. The van der Waals surface area contributed by atoms with Crippen LogP contribution in [0.4, 0.5) is 0 Å². The maximum absolute atomic E-state index is 5.39. The van der Waals surface area contributed by atoms with Crippen LogP contribution in [-0.4, -0.2) is 35.1 Å². The second-order valence-corrected chi connectivity index (χ2v) is 7.90. The van der Waals surface area contributed by atoms with E-state index in [1.807, 2.05) is 31.2 Å². The van der Waals surface area contributed by atoms with Gasteiger partial charge in [-0.3, -0.25) is 0 Å². The van der Waals surface area contributed by atoms with Crippen molar-refractivity contribution in [2.75, 3.05) is 0 Å². The van der Waals surface area contributed by atoms with E-state index in [2.05, 4.69) is 35.1 Å². The van der Waals surface area contributed by atoms with Gasteiger partial charge >= 0.3 is 0 Å². The van der Waals surface area contributed by atoms with Gasteiger partial charge in [0.1, 0.15) is 5.52 Å². The Kier molecular flexibility index (Phi) is 4.52. The van der Waals surface area contributed by atoms with Crippen LogP contribution in [-0.2, 0) is 5.75 Å². The number of rotatable bonds is 5. The number of hydrogen-bond donors (Lipinski definition) is 0. The summed E-state index contributed by atoms with van der Waals surface area (Å²) < 4.78 is 7.45. The Hall–Kier alpha value is -2.81. The SMILES string of the molecule is Cc1ccnc(SCc2nc(-c3ccc4c(c3)nnn4C3CCCC3)no2)n1. The van der Waals surface area contributed by atoms with Crippen molar-refractivity contribution in [3.63, 3.8) is 0 Å². The molecule has 0 spiro atoms. The normalized spacial score (nSPS) is 14.9. The Morgan fingerprint density at radius 1 is 1.18 bits per heavy atom. The lowest BCUT2D eigenvalue weighted by molar-refractivity contribution is 0.391. The van der Waals surface area contributed by atoms with E-state index in [9.17, 15) is 0 Å². The summed E-state index contributed by atoms with van der Waals surface area (Å²) in [7, 11) is 0. The molecule has 1 aliphatic rings. The van der Waals surface area contributed by atoms with Crippen LogP contribution >= 0.6 is 11.8 Å². The van der Waals surface area contributed by atoms with Gasteiger partial charge in [0.05, 0.1) is 17.3 Å². The predicted molar refractivity (Wildman–Crippen MR) is 105 cm³/mol. The number of thioether (sulfide) groups is 1. The first-order valence-corrected chi connectivity index (χ1v) is 10.4. The minimum atomic E-state index is 0.466. The molecule has 0 amide bonds. The minimum absolute atomic E-state index is 0.466. The molecule has 1 saturated carbocycles. The molecule has 142 valence electrons. The summed E-state index contributed by atoms with van der Waals surface area (Å²) in [6, 6.07) is 8.36. The summed E-state index contributed by atoms with van der Waals surface area (Å²) in [6.07, 6.45) is 6.63. The van der Waals surface area contributed by atoms with Gasteiger partial charge in [0.2, 0.25) is 11.7 Å². The van der Waals surface area contributed by atoms with Crippen molar-refractivity contribution in [3.05, 3.63) is 42.0 Å². The smallest absolute Gasteiger partial charge is 0.237 e. The van der Waals surface area contributed by atoms with E-state index in [-0.39, 0.29) is 0 Å². The maximum Gasteiger partial charge on any atom is 0.237 e. The highest BCUT2D eigenvalue weighted by atomic mass is 32.2. The lowest BCUT2D eigenvalue weighted by atomic mass is 10.1. The summed E-state index contributed by atoms with van der Waals surface area (Å²) in [4.78, 5) is 13.1. The van der Waals surface area contributed by atoms with Crippen LogP contribution in [0, 0.1) is 6.92 Å². The molecule has 0 N–H and O–H groups in total. The van der Waals surface area contributed by atoms with Crippen molar-refractivity contribution in [1.29, 1.82) is 0 Å². The van der Waals surface area contributed by atoms with Gasteiger partial charge < -0.3 is 4.52 Å². The minimum Gasteiger partial charge on any atom is -0.338 e. The number of benzene rings is 1. The van der Waals surface area contributed by atoms with Gasteiger partial charge in [0, 0.05) is 17.5 Å². The van der Waals surface area contributed by atoms with E-state index >= 15 is 0 Å². The third kappa shape index (κ3) is 3.37. The number of nitrogens with zero attached hydrogens (tertiary/aromatic N) is 7. The van der Waals surface area contributed by atoms with Crippen molar-refractivity contribution >= 4 is 22.8 Å². The zero-order valence-corrected chi connectivity index (χ0v) is 16.3. The molecule has 0 unspecified atom stereocenters. The number of aryl methyl sites for hydroxylation is 1. The fourth-order valence-electron chi connectivity index (χ4n) is 3.55. The number of hydrogen-bond acceptors (Lipinski definition) is 8. The molecule has 1 aromatic carbocycles. The van der Waals surface area contributed by atoms with Gasteiger partial charge in [-0.2, -0.15) is 4.98 Å². The maximum atomic E-state index is 5.39. The standard InChI is InChI=1S/C19H19N7OS/c1-12-8-9-20-19(21-12)28-11-17-22-18(24-27-17)13-6-7-16-15(10-13)23-25-26(16)14-4-2-3-5-14/h6-10,14H,2-5,11H2,1H3. The van der Waals surface area contributed by atoms with Crippen molar-refractivity contribution < 1.29 is 4.52 Å². The second kappa shape index (κ2) is 7.31. The molecule has 3 heterocycles. The molecule has 1 aliphatic carbocycles. The Balaban J connectivity index is 1.34. The molecule has 9 heteroatoms. The van der Waals surface area contributed by atoms with Gasteiger partial charge in [-0.1, -0.05) is 35.0 Å². The van der Waals surface area contributed by atoms with Crippen LogP contribution in [0.1, 0.15) is 43.3 Å². The van der Waals surface area contributed by atoms with Gasteiger partial charge in [0.25, 0.3) is 0 Å². The van der Waals surface area contributed by atoms with Crippen LogP contribution in [0.5, 0.6) is 0 Å². The zero-order valence-electron chi connectivity index (χ0n) is 15.4. The van der Waals surface area contributed by atoms with Crippen molar-refractivity contribution in [3.8, 4) is 11.4 Å². The van der Waals surface area contributed by atoms with Gasteiger partial charge in [-0.25, -0.2) is 14.6 Å². The third-order valence-corrected chi connectivity index (χ3v) is 5.81. The molecule has 0 aliphatic heterocycles. The van der Waals surface area contributed by atoms with Crippen molar-refractivity contribution in [2.45, 2.75) is 49.6 Å². The molecule has 28 heavy (non-hydrogen) atoms. The first-order chi connectivity index (χ1) is 13.8. The quantitative estimate of drug-likeness (QED) is 0.371. The molecular formula is C19H19N7OS. The average molecular weight is 393 g/mol. The van der Waals surface area contributed by atoms with E-state index in [0.717, 1.165) is 22.3 Å². The molecular weight excluding hydrogens is 374 g/mol. The second-order valence-electron chi connectivity index (χ2n) is 6.96. The molecule has 5 rings (SSSR count). The molecule has 0 bridgehead atoms. The van der Waals surface area contributed by atoms with Crippen LogP contribution in [0.15, 0.2) is 40.1 Å². The highest BCUT2D eigenvalue weighted by molar-refractivity contribution is 7.98. The molecule has 1 fully saturated rings. The zero-order chi connectivity index (χ0) is 18.9. The first-order valence-electron chi connectivity index (χ1n) is 9.36. The Bertz CT molecular complexity index is 1120. The first kappa shape index (κ1) is 17.3.